The molecule has 0 N–H and O–H groups in total. The fraction of sp³-hybridized carbons (Fsp3) is 0.621. The summed E-state index contributed by atoms with van der Waals surface area (Å²) in [5, 5.41) is 0. The largest absolute Gasteiger partial charge is 0.462 e. The Hall–Kier alpha value is -2.63. The highest BCUT2D eigenvalue weighted by Crippen LogP contribution is 2.13. The second-order valence-corrected chi connectivity index (χ2v) is 8.82. The van der Waals surface area contributed by atoms with Crippen LogP contribution < -0.4 is 0 Å². The average molecular weight is 489 g/mol. The van der Waals surface area contributed by atoms with E-state index in [1.165, 1.54) is 26.2 Å². The first-order valence-corrected chi connectivity index (χ1v) is 13.2. The molecule has 0 saturated carbocycles. The minimum absolute atomic E-state index is 0.00345. The van der Waals surface area contributed by atoms with Crippen molar-refractivity contribution in [2.24, 2.45) is 0 Å². The summed E-state index contributed by atoms with van der Waals surface area (Å²) in [5.74, 6) is -0.863. The van der Waals surface area contributed by atoms with E-state index in [1.54, 1.807) is 24.3 Å². The van der Waals surface area contributed by atoms with Gasteiger partial charge in [0.15, 0.2) is 0 Å². The molecule has 35 heavy (non-hydrogen) atoms. The van der Waals surface area contributed by atoms with Gasteiger partial charge in [0, 0.05) is 19.8 Å². The monoisotopic (exact) mass is 488 g/mol. The maximum atomic E-state index is 11.8. The van der Waals surface area contributed by atoms with Gasteiger partial charge in [-0.25, -0.2) is 4.79 Å². The van der Waals surface area contributed by atoms with Gasteiger partial charge in [-0.1, -0.05) is 75.8 Å². The Morgan fingerprint density at radius 3 is 2.26 bits per heavy atom. The molecule has 1 aromatic carbocycles. The SMILES string of the molecule is CCCCCCC(C/C=C\CCCCCCCC(=O)OCCOC(=O)c1ccccc1)OC(C)=O. The number of ether oxygens (including phenoxy) is 3. The second-order valence-electron chi connectivity index (χ2n) is 8.82. The molecule has 0 bridgehead atoms. The number of carbonyl (C=O) groups is 3. The summed E-state index contributed by atoms with van der Waals surface area (Å²) >= 11 is 0. The van der Waals surface area contributed by atoms with Crippen LogP contribution in [0.1, 0.15) is 108 Å². The van der Waals surface area contributed by atoms with E-state index in [0.717, 1.165) is 57.8 Å². The summed E-state index contributed by atoms with van der Waals surface area (Å²) < 4.78 is 15.6. The van der Waals surface area contributed by atoms with Crippen molar-refractivity contribution in [3.63, 3.8) is 0 Å². The van der Waals surface area contributed by atoms with Crippen LogP contribution in [-0.2, 0) is 23.8 Å². The van der Waals surface area contributed by atoms with Gasteiger partial charge < -0.3 is 14.2 Å². The maximum Gasteiger partial charge on any atom is 0.338 e. The average Bonchev–Trinajstić information content (AvgIpc) is 2.85. The molecule has 0 spiro atoms. The molecule has 6 heteroatoms. The van der Waals surface area contributed by atoms with Crippen molar-refractivity contribution in [1.29, 1.82) is 0 Å². The molecular formula is C29H44O6. The van der Waals surface area contributed by atoms with E-state index in [1.807, 2.05) is 6.07 Å². The van der Waals surface area contributed by atoms with Crippen LogP contribution in [0.2, 0.25) is 0 Å². The van der Waals surface area contributed by atoms with Gasteiger partial charge in [-0.05, 0) is 44.2 Å². The summed E-state index contributed by atoms with van der Waals surface area (Å²) in [7, 11) is 0. The molecule has 196 valence electrons. The van der Waals surface area contributed by atoms with E-state index in [2.05, 4.69) is 19.1 Å². The zero-order valence-electron chi connectivity index (χ0n) is 21.7. The van der Waals surface area contributed by atoms with Gasteiger partial charge >= 0.3 is 17.9 Å². The Bertz CT molecular complexity index is 728. The molecule has 0 amide bonds. The number of rotatable bonds is 20. The van der Waals surface area contributed by atoms with Gasteiger partial charge in [0.1, 0.15) is 19.3 Å². The quantitative estimate of drug-likeness (QED) is 0.0854. The normalized spacial score (nSPS) is 11.8. The first-order chi connectivity index (χ1) is 17.0. The van der Waals surface area contributed by atoms with E-state index in [9.17, 15) is 14.4 Å². The third-order valence-corrected chi connectivity index (χ3v) is 5.62. The smallest absolute Gasteiger partial charge is 0.338 e. The minimum atomic E-state index is -0.414. The van der Waals surface area contributed by atoms with Crippen molar-refractivity contribution >= 4 is 17.9 Å². The van der Waals surface area contributed by atoms with Gasteiger partial charge in [0.05, 0.1) is 5.56 Å². The molecule has 0 aliphatic carbocycles. The van der Waals surface area contributed by atoms with E-state index in [4.69, 9.17) is 14.2 Å². The Labute approximate surface area is 211 Å². The molecule has 0 radical (unpaired) electrons. The van der Waals surface area contributed by atoms with E-state index in [-0.39, 0.29) is 31.3 Å². The number of benzene rings is 1. The Balaban J connectivity index is 1.98. The van der Waals surface area contributed by atoms with Crippen LogP contribution in [0, 0.1) is 0 Å². The van der Waals surface area contributed by atoms with Crippen LogP contribution in [0.15, 0.2) is 42.5 Å². The van der Waals surface area contributed by atoms with Crippen LogP contribution in [0.5, 0.6) is 0 Å². The summed E-state index contributed by atoms with van der Waals surface area (Å²) in [6.45, 7) is 3.82. The molecule has 0 aliphatic rings. The summed E-state index contributed by atoms with van der Waals surface area (Å²) in [4.78, 5) is 34.9. The minimum Gasteiger partial charge on any atom is -0.462 e. The summed E-state index contributed by atoms with van der Waals surface area (Å²) in [5.41, 5.74) is 0.485. The molecular weight excluding hydrogens is 444 g/mol. The van der Waals surface area contributed by atoms with Crippen LogP contribution in [0.3, 0.4) is 0 Å². The maximum absolute atomic E-state index is 11.8. The lowest BCUT2D eigenvalue weighted by molar-refractivity contribution is -0.146. The number of unbranched alkanes of at least 4 members (excludes halogenated alkanes) is 8. The van der Waals surface area contributed by atoms with Gasteiger partial charge in [-0.15, -0.1) is 0 Å². The molecule has 0 aromatic heterocycles. The van der Waals surface area contributed by atoms with E-state index in [0.29, 0.717) is 12.0 Å². The van der Waals surface area contributed by atoms with Crippen LogP contribution in [-0.4, -0.2) is 37.2 Å². The van der Waals surface area contributed by atoms with E-state index >= 15 is 0 Å². The van der Waals surface area contributed by atoms with Gasteiger partial charge in [0.2, 0.25) is 0 Å². The highest BCUT2D eigenvalue weighted by atomic mass is 16.6. The van der Waals surface area contributed by atoms with Gasteiger partial charge in [-0.3, -0.25) is 9.59 Å². The second kappa shape index (κ2) is 20.7. The molecule has 0 saturated heterocycles. The predicted molar refractivity (Wildman–Crippen MR) is 138 cm³/mol. The van der Waals surface area contributed by atoms with Crippen molar-refractivity contribution in [3.8, 4) is 0 Å². The van der Waals surface area contributed by atoms with E-state index < -0.39 is 5.97 Å². The molecule has 0 aliphatic heterocycles. The van der Waals surface area contributed by atoms with Gasteiger partial charge in [-0.2, -0.15) is 0 Å². The fourth-order valence-electron chi connectivity index (χ4n) is 3.71. The lowest BCUT2D eigenvalue weighted by Gasteiger charge is -2.15. The highest BCUT2D eigenvalue weighted by Gasteiger charge is 2.10. The van der Waals surface area contributed by atoms with Crippen LogP contribution in [0.25, 0.3) is 0 Å². The molecule has 0 fully saturated rings. The molecule has 1 unspecified atom stereocenters. The Kier molecular flexibility index (Phi) is 18.0. The third kappa shape index (κ3) is 17.5. The van der Waals surface area contributed by atoms with Crippen molar-refractivity contribution in [2.45, 2.75) is 103 Å². The molecule has 1 aromatic rings. The zero-order valence-corrected chi connectivity index (χ0v) is 21.7. The number of allylic oxidation sites excluding steroid dienone is 1. The van der Waals surface area contributed by atoms with Crippen molar-refractivity contribution in [1.82, 2.24) is 0 Å². The number of esters is 3. The highest BCUT2D eigenvalue weighted by molar-refractivity contribution is 5.89. The Morgan fingerprint density at radius 2 is 1.51 bits per heavy atom. The van der Waals surface area contributed by atoms with Crippen LogP contribution >= 0.6 is 0 Å². The standard InChI is InChI=1S/C29H44O6/c1-3-4-5-15-20-27(35-25(2)30)21-16-10-8-6-7-9-11-17-22-28(31)33-23-24-34-29(32)26-18-13-12-14-19-26/h10,12-14,16,18-19,27H,3-9,11,15,17,20-24H2,1-2H3/b16-10-. The van der Waals surface area contributed by atoms with Crippen molar-refractivity contribution in [3.05, 3.63) is 48.0 Å². The topological polar surface area (TPSA) is 78.9 Å². The Morgan fingerprint density at radius 1 is 0.829 bits per heavy atom. The van der Waals surface area contributed by atoms with Gasteiger partial charge in [0.25, 0.3) is 0 Å². The first-order valence-electron chi connectivity index (χ1n) is 13.2. The third-order valence-electron chi connectivity index (χ3n) is 5.62. The predicted octanol–water partition coefficient (Wildman–Crippen LogP) is 6.97. The number of hydrogen-bond donors (Lipinski definition) is 0. The number of carbonyl (C=O) groups excluding carboxylic acids is 3. The molecule has 1 rings (SSSR count). The van der Waals surface area contributed by atoms with Crippen molar-refractivity contribution < 1.29 is 28.6 Å². The summed E-state index contributed by atoms with van der Waals surface area (Å²) in [6, 6.07) is 8.74. The molecule has 6 nitrogen and oxygen atoms in total. The lowest BCUT2D eigenvalue weighted by atomic mass is 10.1. The molecule has 0 heterocycles. The summed E-state index contributed by atoms with van der Waals surface area (Å²) in [6.07, 6.45) is 17.3. The first kappa shape index (κ1) is 30.4. The number of hydrogen-bond acceptors (Lipinski definition) is 6. The lowest BCUT2D eigenvalue weighted by Crippen LogP contribution is -2.15. The fourth-order valence-corrected chi connectivity index (χ4v) is 3.71. The zero-order chi connectivity index (χ0) is 25.6. The van der Waals surface area contributed by atoms with Crippen molar-refractivity contribution in [2.75, 3.05) is 13.2 Å². The molecule has 1 atom stereocenters. The van der Waals surface area contributed by atoms with Crippen LogP contribution in [0.4, 0.5) is 0 Å².